The topological polar surface area (TPSA) is 63.7 Å². The highest BCUT2D eigenvalue weighted by Gasteiger charge is 2.32. The minimum Gasteiger partial charge on any atom is -0.484 e. The third-order valence-electron chi connectivity index (χ3n) is 5.21. The van der Waals surface area contributed by atoms with Crippen LogP contribution in [0.4, 0.5) is 0 Å². The van der Waals surface area contributed by atoms with Crippen LogP contribution < -0.4 is 4.74 Å². The van der Waals surface area contributed by atoms with Crippen molar-refractivity contribution < 1.29 is 17.9 Å². The molecule has 2 aromatic carbocycles. The summed E-state index contributed by atoms with van der Waals surface area (Å²) >= 11 is 0. The molecule has 0 aliphatic carbocycles. The molecule has 1 heterocycles. The monoisotopic (exact) mass is 401 g/mol. The average molecular weight is 402 g/mol. The number of likely N-dealkylation sites (tertiary alicyclic amines) is 1. The summed E-state index contributed by atoms with van der Waals surface area (Å²) in [6.07, 6.45) is 0.901. The van der Waals surface area contributed by atoms with Crippen molar-refractivity contribution in [3.63, 3.8) is 0 Å². The van der Waals surface area contributed by atoms with Crippen molar-refractivity contribution >= 4 is 15.7 Å². The maximum atomic E-state index is 12.7. The van der Waals surface area contributed by atoms with Crippen LogP contribution in [0.25, 0.3) is 0 Å². The standard InChI is InChI=1S/C22H27NO4S/c1-17(2)18-8-10-19(11-9-18)27-16-22(24)23-14-12-21(13-15-23)28(25,26)20-6-4-3-5-7-20/h3-11,17,21H,12-16H2,1-2H3. The molecule has 0 atom stereocenters. The number of rotatable bonds is 6. The number of amides is 1. The van der Waals surface area contributed by atoms with Crippen LogP contribution in [-0.2, 0) is 14.6 Å². The van der Waals surface area contributed by atoms with Crippen molar-refractivity contribution in [1.82, 2.24) is 4.90 Å². The Kier molecular flexibility index (Phi) is 6.39. The van der Waals surface area contributed by atoms with Crippen LogP contribution in [0.5, 0.6) is 5.75 Å². The van der Waals surface area contributed by atoms with Gasteiger partial charge in [0.15, 0.2) is 16.4 Å². The van der Waals surface area contributed by atoms with Gasteiger partial charge in [-0.25, -0.2) is 8.42 Å². The molecular formula is C22H27NO4S. The van der Waals surface area contributed by atoms with Crippen LogP contribution in [0.1, 0.15) is 38.2 Å². The lowest BCUT2D eigenvalue weighted by Crippen LogP contribution is -2.44. The molecule has 1 amide bonds. The Morgan fingerprint density at radius 1 is 1.04 bits per heavy atom. The molecule has 0 saturated carbocycles. The largest absolute Gasteiger partial charge is 0.484 e. The van der Waals surface area contributed by atoms with Gasteiger partial charge in [-0.2, -0.15) is 0 Å². The van der Waals surface area contributed by atoms with Crippen LogP contribution in [0.3, 0.4) is 0 Å². The number of hydrogen-bond acceptors (Lipinski definition) is 4. The molecule has 0 unspecified atom stereocenters. The van der Waals surface area contributed by atoms with E-state index in [-0.39, 0.29) is 12.5 Å². The Hall–Kier alpha value is -2.34. The molecule has 1 saturated heterocycles. The van der Waals surface area contributed by atoms with E-state index in [0.717, 1.165) is 0 Å². The smallest absolute Gasteiger partial charge is 0.260 e. The summed E-state index contributed by atoms with van der Waals surface area (Å²) in [6, 6.07) is 16.3. The zero-order valence-electron chi connectivity index (χ0n) is 16.4. The Morgan fingerprint density at radius 2 is 1.64 bits per heavy atom. The lowest BCUT2D eigenvalue weighted by Gasteiger charge is -2.31. The summed E-state index contributed by atoms with van der Waals surface area (Å²) in [6.45, 7) is 5.09. The molecule has 1 fully saturated rings. The molecule has 6 heteroatoms. The SMILES string of the molecule is CC(C)c1ccc(OCC(=O)N2CCC(S(=O)(=O)c3ccccc3)CC2)cc1. The second-order valence-electron chi connectivity index (χ2n) is 7.45. The van der Waals surface area contributed by atoms with Gasteiger partial charge >= 0.3 is 0 Å². The highest BCUT2D eigenvalue weighted by atomic mass is 32.2. The highest BCUT2D eigenvalue weighted by Crippen LogP contribution is 2.25. The lowest BCUT2D eigenvalue weighted by atomic mass is 10.0. The third kappa shape index (κ3) is 4.73. The Balaban J connectivity index is 1.51. The van der Waals surface area contributed by atoms with E-state index in [2.05, 4.69) is 13.8 Å². The number of sulfone groups is 1. The summed E-state index contributed by atoms with van der Waals surface area (Å²) in [5.74, 6) is 1.01. The molecule has 0 aromatic heterocycles. The number of hydrogen-bond donors (Lipinski definition) is 0. The van der Waals surface area contributed by atoms with E-state index in [1.807, 2.05) is 24.3 Å². The maximum Gasteiger partial charge on any atom is 0.260 e. The van der Waals surface area contributed by atoms with Gasteiger partial charge in [0.05, 0.1) is 10.1 Å². The molecule has 5 nitrogen and oxygen atoms in total. The van der Waals surface area contributed by atoms with Gasteiger partial charge in [-0.05, 0) is 48.6 Å². The Morgan fingerprint density at radius 3 is 2.21 bits per heavy atom. The van der Waals surface area contributed by atoms with Gasteiger partial charge in [-0.3, -0.25) is 4.79 Å². The van der Waals surface area contributed by atoms with Crippen LogP contribution in [0.15, 0.2) is 59.5 Å². The maximum absolute atomic E-state index is 12.7. The third-order valence-corrected chi connectivity index (χ3v) is 7.49. The predicted molar refractivity (Wildman–Crippen MR) is 109 cm³/mol. The summed E-state index contributed by atoms with van der Waals surface area (Å²) in [4.78, 5) is 14.5. The highest BCUT2D eigenvalue weighted by molar-refractivity contribution is 7.92. The summed E-state index contributed by atoms with van der Waals surface area (Å²) < 4.78 is 31.1. The number of nitrogens with zero attached hydrogens (tertiary/aromatic N) is 1. The molecule has 0 N–H and O–H groups in total. The van der Waals surface area contributed by atoms with E-state index in [0.29, 0.717) is 42.5 Å². The van der Waals surface area contributed by atoms with Crippen LogP contribution in [0, 0.1) is 0 Å². The molecule has 0 spiro atoms. The first-order chi connectivity index (χ1) is 13.4. The van der Waals surface area contributed by atoms with E-state index >= 15 is 0 Å². The number of carbonyl (C=O) groups excluding carboxylic acids is 1. The molecule has 0 radical (unpaired) electrons. The number of ether oxygens (including phenoxy) is 1. The van der Waals surface area contributed by atoms with Gasteiger partial charge in [0.1, 0.15) is 5.75 Å². The van der Waals surface area contributed by atoms with Crippen molar-refractivity contribution in [2.45, 2.75) is 42.8 Å². The fourth-order valence-electron chi connectivity index (χ4n) is 3.40. The zero-order chi connectivity index (χ0) is 20.1. The quantitative estimate of drug-likeness (QED) is 0.741. The fraction of sp³-hybridized carbons (Fsp3) is 0.409. The second-order valence-corrected chi connectivity index (χ2v) is 9.68. The minimum atomic E-state index is -3.35. The predicted octanol–water partition coefficient (Wildman–Crippen LogP) is 3.65. The number of piperidine rings is 1. The molecule has 28 heavy (non-hydrogen) atoms. The van der Waals surface area contributed by atoms with Crippen molar-refractivity contribution in [3.8, 4) is 5.75 Å². The first kappa shape index (κ1) is 20.4. The van der Waals surface area contributed by atoms with E-state index in [1.54, 1.807) is 35.2 Å². The van der Waals surface area contributed by atoms with E-state index < -0.39 is 15.1 Å². The first-order valence-corrected chi connectivity index (χ1v) is 11.2. The molecule has 2 aromatic rings. The molecular weight excluding hydrogens is 374 g/mol. The Labute approximate surface area is 167 Å². The zero-order valence-corrected chi connectivity index (χ0v) is 17.2. The number of benzene rings is 2. The normalized spacial score (nSPS) is 15.6. The van der Waals surface area contributed by atoms with Crippen molar-refractivity contribution in [3.05, 3.63) is 60.2 Å². The Bertz CT molecular complexity index is 884. The van der Waals surface area contributed by atoms with Gasteiger partial charge in [0, 0.05) is 13.1 Å². The van der Waals surface area contributed by atoms with Gasteiger partial charge in [-0.1, -0.05) is 44.2 Å². The van der Waals surface area contributed by atoms with Crippen LogP contribution in [0.2, 0.25) is 0 Å². The lowest BCUT2D eigenvalue weighted by molar-refractivity contribution is -0.134. The summed E-state index contributed by atoms with van der Waals surface area (Å²) in [5, 5.41) is -0.441. The van der Waals surface area contributed by atoms with Gasteiger partial charge in [0.25, 0.3) is 5.91 Å². The van der Waals surface area contributed by atoms with Crippen molar-refractivity contribution in [2.75, 3.05) is 19.7 Å². The molecule has 1 aliphatic heterocycles. The molecule has 3 rings (SSSR count). The van der Waals surface area contributed by atoms with E-state index in [9.17, 15) is 13.2 Å². The molecule has 1 aliphatic rings. The summed E-state index contributed by atoms with van der Waals surface area (Å²) in [5.41, 5.74) is 1.22. The van der Waals surface area contributed by atoms with Crippen molar-refractivity contribution in [2.24, 2.45) is 0 Å². The van der Waals surface area contributed by atoms with E-state index in [1.165, 1.54) is 5.56 Å². The average Bonchev–Trinajstić information content (AvgIpc) is 2.73. The van der Waals surface area contributed by atoms with Crippen molar-refractivity contribution in [1.29, 1.82) is 0 Å². The second kappa shape index (κ2) is 8.78. The summed E-state index contributed by atoms with van der Waals surface area (Å²) in [7, 11) is -3.35. The molecule has 150 valence electrons. The fourth-order valence-corrected chi connectivity index (χ4v) is 5.16. The van der Waals surface area contributed by atoms with Crippen LogP contribution >= 0.6 is 0 Å². The minimum absolute atomic E-state index is 0.0306. The van der Waals surface area contributed by atoms with Gasteiger partial charge in [-0.15, -0.1) is 0 Å². The first-order valence-electron chi connectivity index (χ1n) is 9.67. The van der Waals surface area contributed by atoms with E-state index in [4.69, 9.17) is 4.74 Å². The van der Waals surface area contributed by atoms with Gasteiger partial charge in [0.2, 0.25) is 0 Å². The van der Waals surface area contributed by atoms with Crippen LogP contribution in [-0.4, -0.2) is 44.2 Å². The number of carbonyl (C=O) groups is 1. The molecule has 0 bridgehead atoms. The van der Waals surface area contributed by atoms with Gasteiger partial charge < -0.3 is 9.64 Å².